The van der Waals surface area contributed by atoms with Crippen LogP contribution in [0.25, 0.3) is 0 Å². The van der Waals surface area contributed by atoms with Gasteiger partial charge in [-0.15, -0.1) is 0 Å². The van der Waals surface area contributed by atoms with Crippen LogP contribution in [0.4, 0.5) is 0 Å². The SMILES string of the molecule is CCCCCCCCCCCCCCCN1C[C@H](OC(=O)CCC)[C@@H](OC(=O)CCC)[C@H](OC(=O)CCC)[C@H]1COC(=O)CCC. The standard InChI is InChI=1S/C37H67NO8/c1-6-11-12-13-14-15-16-17-18-19-20-21-22-27-38-28-31(44-33(40)24-8-3)37(46-35(42)26-10-5)36(45-34(41)25-9-4)30(38)29-43-32(39)23-7-2/h30-31,36-37H,6-29H2,1-5H3/t30-,31+,36-,37-/m1/s1. The van der Waals surface area contributed by atoms with Gasteiger partial charge in [0.15, 0.2) is 18.3 Å². The van der Waals surface area contributed by atoms with Gasteiger partial charge in [-0.1, -0.05) is 112 Å². The number of carbonyl (C=O) groups is 4. The van der Waals surface area contributed by atoms with Crippen LogP contribution >= 0.6 is 0 Å². The minimum absolute atomic E-state index is 0.00119. The molecule has 0 unspecified atom stereocenters. The Labute approximate surface area is 280 Å². The molecule has 1 heterocycles. The van der Waals surface area contributed by atoms with Crippen molar-refractivity contribution in [2.45, 2.75) is 194 Å². The lowest BCUT2D eigenvalue weighted by Gasteiger charge is -2.47. The van der Waals surface area contributed by atoms with Crippen molar-refractivity contribution in [3.05, 3.63) is 0 Å². The van der Waals surface area contributed by atoms with E-state index in [-0.39, 0.29) is 44.2 Å². The molecule has 46 heavy (non-hydrogen) atoms. The number of hydrogen-bond donors (Lipinski definition) is 0. The first kappa shape index (κ1) is 41.9. The minimum Gasteiger partial charge on any atom is -0.464 e. The molecule has 9 nitrogen and oxygen atoms in total. The summed E-state index contributed by atoms with van der Waals surface area (Å²) in [6.45, 7) is 10.8. The van der Waals surface area contributed by atoms with Crippen LogP contribution in [0, 0.1) is 0 Å². The van der Waals surface area contributed by atoms with Crippen LogP contribution in [0.3, 0.4) is 0 Å². The molecular formula is C37H67NO8. The van der Waals surface area contributed by atoms with E-state index < -0.39 is 36.3 Å². The van der Waals surface area contributed by atoms with Crippen molar-refractivity contribution in [2.24, 2.45) is 0 Å². The highest BCUT2D eigenvalue weighted by Crippen LogP contribution is 2.29. The third-order valence-electron chi connectivity index (χ3n) is 8.55. The van der Waals surface area contributed by atoms with Gasteiger partial charge in [0, 0.05) is 32.2 Å². The van der Waals surface area contributed by atoms with Crippen molar-refractivity contribution < 1.29 is 38.1 Å². The van der Waals surface area contributed by atoms with Crippen molar-refractivity contribution in [1.29, 1.82) is 0 Å². The van der Waals surface area contributed by atoms with E-state index in [1.54, 1.807) is 0 Å². The van der Waals surface area contributed by atoms with E-state index in [0.717, 1.165) is 19.3 Å². The van der Waals surface area contributed by atoms with Gasteiger partial charge in [0.25, 0.3) is 0 Å². The van der Waals surface area contributed by atoms with Gasteiger partial charge in [-0.2, -0.15) is 0 Å². The van der Waals surface area contributed by atoms with E-state index in [2.05, 4.69) is 11.8 Å². The highest BCUT2D eigenvalue weighted by molar-refractivity contribution is 5.72. The van der Waals surface area contributed by atoms with Gasteiger partial charge in [-0.3, -0.25) is 24.1 Å². The van der Waals surface area contributed by atoms with Gasteiger partial charge in [0.05, 0.1) is 6.04 Å². The van der Waals surface area contributed by atoms with E-state index >= 15 is 0 Å². The van der Waals surface area contributed by atoms with Crippen molar-refractivity contribution in [2.75, 3.05) is 19.7 Å². The van der Waals surface area contributed by atoms with Crippen LogP contribution in [0.5, 0.6) is 0 Å². The van der Waals surface area contributed by atoms with E-state index in [4.69, 9.17) is 18.9 Å². The third-order valence-corrected chi connectivity index (χ3v) is 8.55. The second-order valence-corrected chi connectivity index (χ2v) is 12.9. The molecule has 0 spiro atoms. The maximum Gasteiger partial charge on any atom is 0.306 e. The van der Waals surface area contributed by atoms with Gasteiger partial charge in [0.1, 0.15) is 6.61 Å². The molecular weight excluding hydrogens is 586 g/mol. The fourth-order valence-corrected chi connectivity index (χ4v) is 6.01. The average Bonchev–Trinajstić information content (AvgIpc) is 3.01. The van der Waals surface area contributed by atoms with Crippen molar-refractivity contribution in [3.8, 4) is 0 Å². The highest BCUT2D eigenvalue weighted by Gasteiger charge is 2.50. The quantitative estimate of drug-likeness (QED) is 0.0492. The highest BCUT2D eigenvalue weighted by atomic mass is 16.6. The molecule has 4 atom stereocenters. The van der Waals surface area contributed by atoms with Crippen LogP contribution in [0.1, 0.15) is 169 Å². The lowest BCUT2D eigenvalue weighted by atomic mass is 9.92. The van der Waals surface area contributed by atoms with Crippen molar-refractivity contribution >= 4 is 23.9 Å². The lowest BCUT2D eigenvalue weighted by molar-refractivity contribution is -0.210. The van der Waals surface area contributed by atoms with Gasteiger partial charge in [0.2, 0.25) is 0 Å². The number of likely N-dealkylation sites (tertiary alicyclic amines) is 1. The summed E-state index contributed by atoms with van der Waals surface area (Å²) >= 11 is 0. The molecule has 0 radical (unpaired) electrons. The molecule has 0 N–H and O–H groups in total. The molecule has 0 bridgehead atoms. The van der Waals surface area contributed by atoms with Gasteiger partial charge in [-0.05, 0) is 38.6 Å². The molecule has 0 saturated carbocycles. The summed E-state index contributed by atoms with van der Waals surface area (Å²) in [7, 11) is 0. The van der Waals surface area contributed by atoms with E-state index in [1.807, 2.05) is 27.7 Å². The van der Waals surface area contributed by atoms with Crippen LogP contribution in [0.2, 0.25) is 0 Å². The molecule has 1 fully saturated rings. The van der Waals surface area contributed by atoms with Gasteiger partial charge < -0.3 is 18.9 Å². The average molecular weight is 654 g/mol. The molecule has 1 saturated heterocycles. The summed E-state index contributed by atoms with van der Waals surface area (Å²) < 4.78 is 23.5. The zero-order valence-corrected chi connectivity index (χ0v) is 30.0. The predicted octanol–water partition coefficient (Wildman–Crippen LogP) is 8.24. The number of nitrogens with zero attached hydrogens (tertiary/aromatic N) is 1. The molecule has 0 amide bonds. The van der Waals surface area contributed by atoms with Gasteiger partial charge in [-0.25, -0.2) is 0 Å². The van der Waals surface area contributed by atoms with Gasteiger partial charge >= 0.3 is 23.9 Å². The summed E-state index contributed by atoms with van der Waals surface area (Å²) in [5, 5.41) is 0. The Morgan fingerprint density at radius 2 is 0.913 bits per heavy atom. The maximum absolute atomic E-state index is 12.9. The Bertz CT molecular complexity index is 834. The minimum atomic E-state index is -0.988. The predicted molar refractivity (Wildman–Crippen MR) is 181 cm³/mol. The Balaban J connectivity index is 2.99. The zero-order chi connectivity index (χ0) is 34.0. The summed E-state index contributed by atoms with van der Waals surface area (Å²) in [5.41, 5.74) is 0. The number of ether oxygens (including phenoxy) is 4. The number of unbranched alkanes of at least 4 members (excludes halogenated alkanes) is 12. The number of hydrogen-bond acceptors (Lipinski definition) is 9. The molecule has 0 aliphatic carbocycles. The molecule has 9 heteroatoms. The smallest absolute Gasteiger partial charge is 0.306 e. The molecule has 1 aliphatic heterocycles. The largest absolute Gasteiger partial charge is 0.464 e. The monoisotopic (exact) mass is 653 g/mol. The summed E-state index contributed by atoms with van der Waals surface area (Å²) in [6, 6.07) is -0.528. The van der Waals surface area contributed by atoms with Crippen LogP contribution in [0.15, 0.2) is 0 Å². The summed E-state index contributed by atoms with van der Waals surface area (Å²) in [6.07, 6.45) is 16.9. The summed E-state index contributed by atoms with van der Waals surface area (Å²) in [4.78, 5) is 52.9. The lowest BCUT2D eigenvalue weighted by Crippen LogP contribution is -2.65. The Morgan fingerprint density at radius 1 is 0.500 bits per heavy atom. The van der Waals surface area contributed by atoms with Crippen LogP contribution < -0.4 is 0 Å². The fourth-order valence-electron chi connectivity index (χ4n) is 6.01. The molecule has 0 aromatic carbocycles. The Hall–Kier alpha value is -2.16. The number of carbonyl (C=O) groups excluding carboxylic acids is 4. The topological polar surface area (TPSA) is 108 Å². The Morgan fingerprint density at radius 3 is 1.39 bits per heavy atom. The maximum atomic E-state index is 12.9. The normalized spacial score (nSPS) is 19.8. The van der Waals surface area contributed by atoms with Crippen LogP contribution in [-0.4, -0.2) is 72.8 Å². The molecule has 268 valence electrons. The zero-order valence-electron chi connectivity index (χ0n) is 30.0. The number of esters is 4. The van der Waals surface area contributed by atoms with Crippen molar-refractivity contribution in [1.82, 2.24) is 4.90 Å². The van der Waals surface area contributed by atoms with E-state index in [1.165, 1.54) is 64.2 Å². The first-order valence-electron chi connectivity index (χ1n) is 18.8. The molecule has 1 aliphatic rings. The molecule has 1 rings (SSSR count). The number of piperidine rings is 1. The third kappa shape index (κ3) is 18.2. The second kappa shape index (κ2) is 26.9. The first-order valence-corrected chi connectivity index (χ1v) is 18.8. The molecule has 0 aromatic rings. The molecule has 0 aromatic heterocycles. The van der Waals surface area contributed by atoms with Crippen molar-refractivity contribution in [3.63, 3.8) is 0 Å². The van der Waals surface area contributed by atoms with Crippen LogP contribution in [-0.2, 0) is 38.1 Å². The Kier molecular flexibility index (Phi) is 24.4. The van der Waals surface area contributed by atoms with E-state index in [9.17, 15) is 19.2 Å². The fraction of sp³-hybridized carbons (Fsp3) is 0.892. The summed E-state index contributed by atoms with van der Waals surface area (Å²) in [5.74, 6) is -1.56. The number of rotatable bonds is 27. The second-order valence-electron chi connectivity index (χ2n) is 12.9. The first-order chi connectivity index (χ1) is 22.3. The van der Waals surface area contributed by atoms with E-state index in [0.29, 0.717) is 38.8 Å².